The van der Waals surface area contributed by atoms with Gasteiger partial charge in [0, 0.05) is 19.6 Å². The Kier molecular flexibility index (Phi) is 5.77. The van der Waals surface area contributed by atoms with E-state index in [1.165, 1.54) is 0 Å². The molecular formula is C20H28N2O5. The molecule has 1 saturated heterocycles. The zero-order chi connectivity index (χ0) is 19.4. The third-order valence-electron chi connectivity index (χ3n) is 5.95. The molecule has 7 nitrogen and oxygen atoms in total. The van der Waals surface area contributed by atoms with Crippen molar-refractivity contribution in [2.75, 3.05) is 33.9 Å². The van der Waals surface area contributed by atoms with Gasteiger partial charge in [-0.15, -0.1) is 0 Å². The van der Waals surface area contributed by atoms with Crippen molar-refractivity contribution < 1.29 is 24.2 Å². The average Bonchev–Trinajstić information content (AvgIpc) is 3.23. The Morgan fingerprint density at radius 3 is 2.74 bits per heavy atom. The highest BCUT2D eigenvalue weighted by molar-refractivity contribution is 5.80. The Morgan fingerprint density at radius 1 is 1.30 bits per heavy atom. The van der Waals surface area contributed by atoms with Crippen LogP contribution in [0.3, 0.4) is 0 Å². The van der Waals surface area contributed by atoms with Crippen LogP contribution in [0.1, 0.15) is 31.2 Å². The highest BCUT2D eigenvalue weighted by atomic mass is 16.5. The number of carbonyl (C=O) groups is 2. The van der Waals surface area contributed by atoms with Crippen molar-refractivity contribution >= 4 is 12.0 Å². The van der Waals surface area contributed by atoms with Crippen molar-refractivity contribution in [1.29, 1.82) is 0 Å². The molecule has 2 fully saturated rings. The van der Waals surface area contributed by atoms with Crippen LogP contribution in [0.25, 0.3) is 0 Å². The van der Waals surface area contributed by atoms with Gasteiger partial charge >= 0.3 is 12.0 Å². The fourth-order valence-electron chi connectivity index (χ4n) is 4.43. The number of fused-ring (bicyclic) bond motifs is 1. The molecule has 148 valence electrons. The third kappa shape index (κ3) is 3.82. The molecule has 0 unspecified atom stereocenters. The molecule has 27 heavy (non-hydrogen) atoms. The van der Waals surface area contributed by atoms with Gasteiger partial charge in [-0.05, 0) is 49.3 Å². The minimum Gasteiger partial charge on any atom is -0.493 e. The summed E-state index contributed by atoms with van der Waals surface area (Å²) in [6, 6.07) is 5.65. The number of aryl methyl sites for hydroxylation is 1. The number of benzene rings is 1. The molecule has 2 atom stereocenters. The lowest BCUT2D eigenvalue weighted by atomic mass is 9.81. The summed E-state index contributed by atoms with van der Waals surface area (Å²) < 4.78 is 10.5. The van der Waals surface area contributed by atoms with E-state index >= 15 is 0 Å². The number of aliphatic carboxylic acids is 1. The lowest BCUT2D eigenvalue weighted by molar-refractivity contribution is -0.149. The van der Waals surface area contributed by atoms with Gasteiger partial charge in [0.2, 0.25) is 0 Å². The van der Waals surface area contributed by atoms with E-state index in [-0.39, 0.29) is 11.9 Å². The van der Waals surface area contributed by atoms with Crippen LogP contribution < -0.4 is 14.8 Å². The number of methoxy groups -OCH3 is 2. The number of nitrogens with zero attached hydrogens (tertiary/aromatic N) is 1. The van der Waals surface area contributed by atoms with Gasteiger partial charge in [0.1, 0.15) is 0 Å². The second-order valence-electron chi connectivity index (χ2n) is 7.46. The molecule has 2 N–H and O–H groups in total. The van der Waals surface area contributed by atoms with Gasteiger partial charge < -0.3 is 24.8 Å². The molecule has 2 amide bonds. The van der Waals surface area contributed by atoms with Gasteiger partial charge in [0.15, 0.2) is 11.5 Å². The molecule has 1 saturated carbocycles. The number of likely N-dealkylation sites (tertiary alicyclic amines) is 1. The van der Waals surface area contributed by atoms with Crippen LogP contribution in [-0.2, 0) is 11.2 Å². The van der Waals surface area contributed by atoms with E-state index in [1.807, 2.05) is 18.2 Å². The minimum atomic E-state index is -0.756. The van der Waals surface area contributed by atoms with Crippen molar-refractivity contribution in [3.05, 3.63) is 23.8 Å². The topological polar surface area (TPSA) is 88.1 Å². The average molecular weight is 376 g/mol. The summed E-state index contributed by atoms with van der Waals surface area (Å²) in [7, 11) is 3.21. The van der Waals surface area contributed by atoms with Gasteiger partial charge in [-0.2, -0.15) is 0 Å². The Labute approximate surface area is 159 Å². The molecule has 0 spiro atoms. The summed E-state index contributed by atoms with van der Waals surface area (Å²) in [5.74, 6) is 0.726. The van der Waals surface area contributed by atoms with Crippen LogP contribution >= 0.6 is 0 Å². The zero-order valence-electron chi connectivity index (χ0n) is 16.0. The van der Waals surface area contributed by atoms with Crippen LogP contribution in [0.4, 0.5) is 4.79 Å². The molecule has 0 radical (unpaired) electrons. The van der Waals surface area contributed by atoms with E-state index in [4.69, 9.17) is 9.47 Å². The molecule has 1 aromatic carbocycles. The van der Waals surface area contributed by atoms with Crippen molar-refractivity contribution in [2.45, 2.75) is 32.1 Å². The van der Waals surface area contributed by atoms with E-state index in [9.17, 15) is 14.7 Å². The predicted octanol–water partition coefficient (Wildman–Crippen LogP) is 2.53. The fourth-order valence-corrected chi connectivity index (χ4v) is 4.43. The molecule has 0 aromatic heterocycles. The van der Waals surface area contributed by atoms with Crippen LogP contribution in [0.5, 0.6) is 11.5 Å². The number of hydrogen-bond acceptors (Lipinski definition) is 4. The number of carboxylic acid groups (broad SMARTS) is 1. The number of hydrogen-bond donors (Lipinski definition) is 2. The number of carboxylic acids is 1. The highest BCUT2D eigenvalue weighted by Crippen LogP contribution is 2.48. The van der Waals surface area contributed by atoms with E-state index in [0.717, 1.165) is 31.2 Å². The van der Waals surface area contributed by atoms with E-state index < -0.39 is 11.4 Å². The van der Waals surface area contributed by atoms with Gasteiger partial charge in [0.05, 0.1) is 19.6 Å². The third-order valence-corrected chi connectivity index (χ3v) is 5.95. The summed E-state index contributed by atoms with van der Waals surface area (Å²) in [5.41, 5.74) is 0.388. The maximum atomic E-state index is 12.4. The van der Waals surface area contributed by atoms with Crippen LogP contribution in [-0.4, -0.2) is 55.9 Å². The summed E-state index contributed by atoms with van der Waals surface area (Å²) in [6.45, 7) is 1.43. The quantitative estimate of drug-likeness (QED) is 0.714. The number of amides is 2. The highest BCUT2D eigenvalue weighted by Gasteiger charge is 2.55. The van der Waals surface area contributed by atoms with E-state index in [2.05, 4.69) is 5.32 Å². The SMILES string of the molecule is COc1ccc(CCCNC(=O)N2C[C@@H]3CCC[C@@]3(C(=O)O)C2)cc1OC. The molecule has 1 aromatic rings. The van der Waals surface area contributed by atoms with E-state index in [0.29, 0.717) is 37.6 Å². The summed E-state index contributed by atoms with van der Waals surface area (Å²) >= 11 is 0. The maximum absolute atomic E-state index is 12.4. The number of urea groups is 1. The molecule has 0 bridgehead atoms. The Bertz CT molecular complexity index is 708. The first-order chi connectivity index (χ1) is 13.0. The van der Waals surface area contributed by atoms with Gasteiger partial charge in [-0.3, -0.25) is 4.79 Å². The largest absolute Gasteiger partial charge is 0.493 e. The van der Waals surface area contributed by atoms with Gasteiger partial charge in [-0.1, -0.05) is 12.5 Å². The Morgan fingerprint density at radius 2 is 2.07 bits per heavy atom. The molecule has 7 heteroatoms. The number of ether oxygens (including phenoxy) is 2. The maximum Gasteiger partial charge on any atom is 0.317 e. The first kappa shape index (κ1) is 19.3. The van der Waals surface area contributed by atoms with Crippen molar-refractivity contribution in [1.82, 2.24) is 10.2 Å². The second-order valence-corrected chi connectivity index (χ2v) is 7.46. The normalized spacial score (nSPS) is 23.8. The predicted molar refractivity (Wildman–Crippen MR) is 100 cm³/mol. The van der Waals surface area contributed by atoms with Crippen molar-refractivity contribution in [2.24, 2.45) is 11.3 Å². The molecule has 1 aliphatic carbocycles. The molecular weight excluding hydrogens is 348 g/mol. The van der Waals surface area contributed by atoms with Crippen molar-refractivity contribution in [3.8, 4) is 11.5 Å². The second kappa shape index (κ2) is 8.06. The number of rotatable bonds is 7. The van der Waals surface area contributed by atoms with Gasteiger partial charge in [0.25, 0.3) is 0 Å². The Hall–Kier alpha value is -2.44. The lowest BCUT2D eigenvalue weighted by Gasteiger charge is -2.23. The van der Waals surface area contributed by atoms with Crippen LogP contribution in [0, 0.1) is 11.3 Å². The Balaban J connectivity index is 1.46. The van der Waals surface area contributed by atoms with Crippen molar-refractivity contribution in [3.63, 3.8) is 0 Å². The monoisotopic (exact) mass is 376 g/mol. The van der Waals surface area contributed by atoms with Crippen LogP contribution in [0.15, 0.2) is 18.2 Å². The van der Waals surface area contributed by atoms with Gasteiger partial charge in [-0.25, -0.2) is 4.79 Å². The molecule has 3 rings (SSSR count). The fraction of sp³-hybridized carbons (Fsp3) is 0.600. The van der Waals surface area contributed by atoms with E-state index in [1.54, 1.807) is 19.1 Å². The lowest BCUT2D eigenvalue weighted by Crippen LogP contribution is -2.42. The smallest absolute Gasteiger partial charge is 0.317 e. The zero-order valence-corrected chi connectivity index (χ0v) is 16.0. The minimum absolute atomic E-state index is 0.0903. The molecule has 2 aliphatic rings. The first-order valence-electron chi connectivity index (χ1n) is 9.47. The molecule has 1 aliphatic heterocycles. The first-order valence-corrected chi connectivity index (χ1v) is 9.47. The molecule has 1 heterocycles. The summed E-state index contributed by atoms with van der Waals surface area (Å²) in [6.07, 6.45) is 4.12. The summed E-state index contributed by atoms with van der Waals surface area (Å²) in [5, 5.41) is 12.5. The van der Waals surface area contributed by atoms with Crippen LogP contribution in [0.2, 0.25) is 0 Å². The number of carbonyl (C=O) groups excluding carboxylic acids is 1. The summed E-state index contributed by atoms with van der Waals surface area (Å²) in [4.78, 5) is 25.8. The standard InChI is InChI=1S/C20H28N2O5/c1-26-16-8-7-14(11-17(16)27-2)5-4-10-21-19(25)22-12-15-6-3-9-20(15,13-22)18(23)24/h7-8,11,15H,3-6,9-10,12-13H2,1-2H3,(H,21,25)(H,23,24)/t15-,20+/m0/s1. The number of nitrogens with one attached hydrogen (secondary N) is 1.